The lowest BCUT2D eigenvalue weighted by atomic mass is 10.1. The van der Waals surface area contributed by atoms with E-state index in [1.165, 1.54) is 0 Å². The van der Waals surface area contributed by atoms with Crippen molar-refractivity contribution in [3.63, 3.8) is 0 Å². The quantitative estimate of drug-likeness (QED) is 0.585. The van der Waals surface area contributed by atoms with Crippen LogP contribution in [0.4, 0.5) is 5.69 Å². The van der Waals surface area contributed by atoms with Crippen LogP contribution in [0.5, 0.6) is 0 Å². The summed E-state index contributed by atoms with van der Waals surface area (Å²) in [5, 5.41) is 5.25. The zero-order valence-electron chi connectivity index (χ0n) is 11.9. The molecule has 112 valence electrons. The molecule has 0 radical (unpaired) electrons. The minimum Gasteiger partial charge on any atom is -0.381 e. The van der Waals surface area contributed by atoms with Gasteiger partial charge in [0.2, 0.25) is 0 Å². The molecule has 1 aliphatic rings. The highest BCUT2D eigenvalue weighted by atomic mass is 79.9. The van der Waals surface area contributed by atoms with Gasteiger partial charge in [-0.2, -0.15) is 5.10 Å². The molecular weight excluding hydrogens is 322 g/mol. The second-order valence-electron chi connectivity index (χ2n) is 5.09. The Morgan fingerprint density at radius 2 is 2.15 bits per heavy atom. The monoisotopic (exact) mass is 343 g/mol. The number of piperidine rings is 1. The summed E-state index contributed by atoms with van der Waals surface area (Å²) in [4.78, 5) is 14.2. The highest BCUT2D eigenvalue weighted by Crippen LogP contribution is 2.18. The van der Waals surface area contributed by atoms with Crippen molar-refractivity contribution in [2.45, 2.75) is 38.3 Å². The molecule has 1 aliphatic heterocycles. The Kier molecular flexibility index (Phi) is 6.04. The molecule has 0 spiro atoms. The highest BCUT2D eigenvalue weighted by Gasteiger charge is 2.19. The molecule has 0 aliphatic carbocycles. The van der Waals surface area contributed by atoms with Gasteiger partial charge in [-0.15, -0.1) is 0 Å². The van der Waals surface area contributed by atoms with Crippen LogP contribution in [0.3, 0.4) is 0 Å². The third-order valence-electron chi connectivity index (χ3n) is 3.75. The molecule has 6 heteroatoms. The van der Waals surface area contributed by atoms with Crippen molar-refractivity contribution in [2.24, 2.45) is 0 Å². The number of hydrogen-bond donors (Lipinski definition) is 0. The molecule has 5 nitrogen and oxygen atoms in total. The van der Waals surface area contributed by atoms with Crippen molar-refractivity contribution in [1.29, 1.82) is 0 Å². The molecule has 0 amide bonds. The topological polar surface area (TPSA) is 47.4 Å². The lowest BCUT2D eigenvalue weighted by molar-refractivity contribution is 0.0819. The standard InChI is InChI=1S/C14H22BrN3O2/c1-20-13-4-8-17(9-5-13)12-10-14(19)18(16-11-12)7-3-2-6-15/h10-11,13H,2-9H2,1H3. The summed E-state index contributed by atoms with van der Waals surface area (Å²) in [6, 6.07) is 1.70. The number of aryl methyl sites for hydroxylation is 1. The Labute approximate surface area is 128 Å². The van der Waals surface area contributed by atoms with Crippen molar-refractivity contribution < 1.29 is 4.74 Å². The van der Waals surface area contributed by atoms with Crippen molar-refractivity contribution >= 4 is 21.6 Å². The van der Waals surface area contributed by atoms with E-state index in [0.717, 1.165) is 49.8 Å². The van der Waals surface area contributed by atoms with Crippen LogP contribution in [0.25, 0.3) is 0 Å². The van der Waals surface area contributed by atoms with Gasteiger partial charge in [-0.25, -0.2) is 4.68 Å². The largest absolute Gasteiger partial charge is 0.381 e. The lowest BCUT2D eigenvalue weighted by Gasteiger charge is -2.32. The number of alkyl halides is 1. The summed E-state index contributed by atoms with van der Waals surface area (Å²) in [7, 11) is 1.76. The van der Waals surface area contributed by atoms with E-state index in [1.807, 2.05) is 6.20 Å². The molecule has 2 heterocycles. The van der Waals surface area contributed by atoms with Gasteiger partial charge in [0.1, 0.15) is 0 Å². The van der Waals surface area contributed by atoms with Crippen LogP contribution in [0.15, 0.2) is 17.1 Å². The molecule has 1 saturated heterocycles. The Bertz CT molecular complexity index is 470. The molecule has 1 aromatic rings. The fraction of sp³-hybridized carbons (Fsp3) is 0.714. The smallest absolute Gasteiger partial charge is 0.268 e. The maximum atomic E-state index is 12.0. The number of aromatic nitrogens is 2. The lowest BCUT2D eigenvalue weighted by Crippen LogP contribution is -2.37. The van der Waals surface area contributed by atoms with Crippen LogP contribution in [-0.4, -0.2) is 41.4 Å². The predicted molar refractivity (Wildman–Crippen MR) is 83.8 cm³/mol. The maximum absolute atomic E-state index is 12.0. The molecule has 20 heavy (non-hydrogen) atoms. The van der Waals surface area contributed by atoms with Gasteiger partial charge in [-0.3, -0.25) is 4.79 Å². The Hall–Kier alpha value is -0.880. The van der Waals surface area contributed by atoms with E-state index in [-0.39, 0.29) is 5.56 Å². The zero-order chi connectivity index (χ0) is 14.4. The normalized spacial score (nSPS) is 16.6. The third-order valence-corrected chi connectivity index (χ3v) is 4.31. The van der Waals surface area contributed by atoms with Gasteiger partial charge in [0, 0.05) is 38.1 Å². The van der Waals surface area contributed by atoms with Crippen molar-refractivity contribution in [1.82, 2.24) is 9.78 Å². The molecule has 1 aromatic heterocycles. The fourth-order valence-corrected chi connectivity index (χ4v) is 2.87. The molecule has 1 fully saturated rings. The summed E-state index contributed by atoms with van der Waals surface area (Å²) in [5.74, 6) is 0. The number of unbranched alkanes of at least 4 members (excludes halogenated alkanes) is 1. The van der Waals surface area contributed by atoms with Crippen LogP contribution in [0.2, 0.25) is 0 Å². The summed E-state index contributed by atoms with van der Waals surface area (Å²) in [6.07, 6.45) is 6.19. The summed E-state index contributed by atoms with van der Waals surface area (Å²) < 4.78 is 6.91. The second kappa shape index (κ2) is 7.78. The Balaban J connectivity index is 1.97. The number of halogens is 1. The van der Waals surface area contributed by atoms with Gasteiger partial charge in [0.05, 0.1) is 18.0 Å². The number of ether oxygens (including phenoxy) is 1. The van der Waals surface area contributed by atoms with Crippen LogP contribution in [0, 0.1) is 0 Å². The zero-order valence-corrected chi connectivity index (χ0v) is 13.5. The average Bonchev–Trinajstić information content (AvgIpc) is 2.49. The third kappa shape index (κ3) is 4.06. The fourth-order valence-electron chi connectivity index (χ4n) is 2.47. The van der Waals surface area contributed by atoms with E-state index < -0.39 is 0 Å². The van der Waals surface area contributed by atoms with Crippen LogP contribution in [-0.2, 0) is 11.3 Å². The summed E-state index contributed by atoms with van der Waals surface area (Å²) in [6.45, 7) is 2.54. The highest BCUT2D eigenvalue weighted by molar-refractivity contribution is 9.09. The molecule has 0 atom stereocenters. The second-order valence-corrected chi connectivity index (χ2v) is 5.89. The van der Waals surface area contributed by atoms with E-state index in [9.17, 15) is 4.79 Å². The molecule has 0 saturated carbocycles. The minimum atomic E-state index is -0.00839. The SMILES string of the molecule is COC1CCN(c2cnn(CCCCBr)c(=O)c2)CC1. The van der Waals surface area contributed by atoms with Crippen molar-refractivity contribution in [3.05, 3.63) is 22.6 Å². The first-order valence-corrected chi connectivity index (χ1v) is 8.27. The number of hydrogen-bond acceptors (Lipinski definition) is 4. The van der Waals surface area contributed by atoms with Gasteiger partial charge in [-0.1, -0.05) is 15.9 Å². The van der Waals surface area contributed by atoms with Gasteiger partial charge in [0.15, 0.2) is 0 Å². The van der Waals surface area contributed by atoms with Crippen molar-refractivity contribution in [3.8, 4) is 0 Å². The summed E-state index contributed by atoms with van der Waals surface area (Å²) >= 11 is 3.39. The first-order valence-electron chi connectivity index (χ1n) is 7.15. The molecule has 0 aromatic carbocycles. The van der Waals surface area contributed by atoms with Gasteiger partial charge < -0.3 is 9.64 Å². The molecule has 2 rings (SSSR count). The van der Waals surface area contributed by atoms with Crippen LogP contribution in [0.1, 0.15) is 25.7 Å². The maximum Gasteiger partial charge on any atom is 0.268 e. The van der Waals surface area contributed by atoms with Gasteiger partial charge in [-0.05, 0) is 25.7 Å². The molecule has 0 N–H and O–H groups in total. The van der Waals surface area contributed by atoms with Crippen LogP contribution < -0.4 is 10.5 Å². The summed E-state index contributed by atoms with van der Waals surface area (Å²) in [5.41, 5.74) is 0.923. The van der Waals surface area contributed by atoms with Crippen LogP contribution >= 0.6 is 15.9 Å². The van der Waals surface area contributed by atoms with E-state index in [2.05, 4.69) is 25.9 Å². The Morgan fingerprint density at radius 1 is 1.40 bits per heavy atom. The molecular formula is C14H22BrN3O2. The van der Waals surface area contributed by atoms with E-state index in [1.54, 1.807) is 17.9 Å². The van der Waals surface area contributed by atoms with Gasteiger partial charge >= 0.3 is 0 Å². The number of anilines is 1. The average molecular weight is 344 g/mol. The Morgan fingerprint density at radius 3 is 2.75 bits per heavy atom. The van der Waals surface area contributed by atoms with E-state index >= 15 is 0 Å². The molecule has 0 unspecified atom stereocenters. The van der Waals surface area contributed by atoms with Crippen molar-refractivity contribution in [2.75, 3.05) is 30.4 Å². The number of methoxy groups -OCH3 is 1. The molecule has 0 bridgehead atoms. The van der Waals surface area contributed by atoms with E-state index in [4.69, 9.17) is 4.74 Å². The minimum absolute atomic E-state index is 0.00839. The van der Waals surface area contributed by atoms with Gasteiger partial charge in [0.25, 0.3) is 5.56 Å². The van der Waals surface area contributed by atoms with E-state index in [0.29, 0.717) is 12.6 Å². The number of nitrogens with zero attached hydrogens (tertiary/aromatic N) is 3. The number of rotatable bonds is 6. The first kappa shape index (κ1) is 15.5. The predicted octanol–water partition coefficient (Wildman–Crippen LogP) is 2.03. The first-order chi connectivity index (χ1) is 9.74.